The van der Waals surface area contributed by atoms with Gasteiger partial charge in [-0.15, -0.1) is 0 Å². The van der Waals surface area contributed by atoms with Crippen molar-refractivity contribution in [2.45, 2.75) is 64.8 Å². The molecule has 0 bridgehead atoms. The molecule has 1 aromatic rings. The summed E-state index contributed by atoms with van der Waals surface area (Å²) in [5, 5.41) is 0. The van der Waals surface area contributed by atoms with Gasteiger partial charge in [-0.1, -0.05) is 44.5 Å². The van der Waals surface area contributed by atoms with Gasteiger partial charge in [-0.25, -0.2) is 0 Å². The van der Waals surface area contributed by atoms with E-state index >= 15 is 0 Å². The summed E-state index contributed by atoms with van der Waals surface area (Å²) in [5.41, 5.74) is 8.10. The van der Waals surface area contributed by atoms with Gasteiger partial charge in [0.2, 0.25) is 5.91 Å². The molecule has 0 aromatic heterocycles. The van der Waals surface area contributed by atoms with Gasteiger partial charge in [0.1, 0.15) is 0 Å². The van der Waals surface area contributed by atoms with Crippen molar-refractivity contribution in [1.29, 1.82) is 0 Å². The summed E-state index contributed by atoms with van der Waals surface area (Å²) < 4.78 is 0. The van der Waals surface area contributed by atoms with E-state index in [0.717, 1.165) is 31.5 Å². The van der Waals surface area contributed by atoms with E-state index in [1.54, 1.807) is 0 Å². The standard InChI is InChI=1S/C20H32N2O/c1-15(2)13-17-7-9-18(10-8-17)19(20(21)23)14-16(3)22-11-5-4-6-12-22/h7-10,15-16,19H,4-6,11-14H2,1-3H3,(H2,21,23)/t16?,19-/m1/s1. The maximum Gasteiger partial charge on any atom is 0.225 e. The fraction of sp³-hybridized carbons (Fsp3) is 0.650. The highest BCUT2D eigenvalue weighted by Crippen LogP contribution is 2.25. The smallest absolute Gasteiger partial charge is 0.225 e. The monoisotopic (exact) mass is 316 g/mol. The van der Waals surface area contributed by atoms with E-state index in [4.69, 9.17) is 5.73 Å². The van der Waals surface area contributed by atoms with Gasteiger partial charge < -0.3 is 10.6 Å². The normalized spacial score (nSPS) is 18.8. The van der Waals surface area contributed by atoms with Crippen LogP contribution in [0.2, 0.25) is 0 Å². The number of hydrogen-bond acceptors (Lipinski definition) is 2. The Morgan fingerprint density at radius 3 is 2.22 bits per heavy atom. The Hall–Kier alpha value is -1.35. The molecule has 3 heteroatoms. The molecule has 0 radical (unpaired) electrons. The van der Waals surface area contributed by atoms with Gasteiger partial charge in [0.05, 0.1) is 5.92 Å². The maximum absolute atomic E-state index is 12.0. The Kier molecular flexibility index (Phi) is 6.64. The summed E-state index contributed by atoms with van der Waals surface area (Å²) in [6.07, 6.45) is 5.77. The number of benzene rings is 1. The Morgan fingerprint density at radius 2 is 1.70 bits per heavy atom. The first-order valence-corrected chi connectivity index (χ1v) is 9.09. The number of rotatable bonds is 7. The molecule has 1 unspecified atom stereocenters. The second-order valence-corrected chi connectivity index (χ2v) is 7.48. The lowest BCUT2D eigenvalue weighted by Crippen LogP contribution is -2.39. The van der Waals surface area contributed by atoms with Crippen molar-refractivity contribution in [3.8, 4) is 0 Å². The zero-order chi connectivity index (χ0) is 16.8. The predicted octanol–water partition coefficient (Wildman–Crippen LogP) is 3.72. The highest BCUT2D eigenvalue weighted by molar-refractivity contribution is 5.82. The molecule has 128 valence electrons. The van der Waals surface area contributed by atoms with Gasteiger partial charge in [-0.2, -0.15) is 0 Å². The Balaban J connectivity index is 2.04. The number of hydrogen-bond donors (Lipinski definition) is 1. The van der Waals surface area contributed by atoms with Crippen LogP contribution in [0.5, 0.6) is 0 Å². The van der Waals surface area contributed by atoms with E-state index in [9.17, 15) is 4.79 Å². The lowest BCUT2D eigenvalue weighted by Gasteiger charge is -2.34. The summed E-state index contributed by atoms with van der Waals surface area (Å²) >= 11 is 0. The van der Waals surface area contributed by atoms with E-state index in [1.807, 2.05) is 0 Å². The number of amides is 1. The topological polar surface area (TPSA) is 46.3 Å². The van der Waals surface area contributed by atoms with E-state index < -0.39 is 0 Å². The van der Waals surface area contributed by atoms with E-state index in [2.05, 4.69) is 49.9 Å². The first kappa shape index (κ1) is 18.0. The van der Waals surface area contributed by atoms with Crippen LogP contribution < -0.4 is 5.73 Å². The molecule has 3 nitrogen and oxygen atoms in total. The summed E-state index contributed by atoms with van der Waals surface area (Å²) in [4.78, 5) is 14.5. The van der Waals surface area contributed by atoms with E-state index in [-0.39, 0.29) is 11.8 Å². The molecule has 0 spiro atoms. The minimum atomic E-state index is -0.203. The molecule has 0 saturated carbocycles. The van der Waals surface area contributed by atoms with Crippen LogP contribution in [0.1, 0.15) is 63.5 Å². The van der Waals surface area contributed by atoms with Crippen molar-refractivity contribution in [3.63, 3.8) is 0 Å². The zero-order valence-corrected chi connectivity index (χ0v) is 14.9. The highest BCUT2D eigenvalue weighted by Gasteiger charge is 2.25. The first-order chi connectivity index (χ1) is 11.0. The Labute approximate surface area is 141 Å². The second kappa shape index (κ2) is 8.49. The summed E-state index contributed by atoms with van der Waals surface area (Å²) in [6.45, 7) is 8.98. The minimum Gasteiger partial charge on any atom is -0.369 e. The van der Waals surface area contributed by atoms with Gasteiger partial charge in [0.25, 0.3) is 0 Å². The van der Waals surface area contributed by atoms with Crippen molar-refractivity contribution >= 4 is 5.91 Å². The number of carbonyl (C=O) groups excluding carboxylic acids is 1. The molecular formula is C20H32N2O. The number of nitrogens with two attached hydrogens (primary N) is 1. The molecule has 1 saturated heterocycles. The van der Waals surface area contributed by atoms with Crippen molar-refractivity contribution in [2.75, 3.05) is 13.1 Å². The largest absolute Gasteiger partial charge is 0.369 e. The third kappa shape index (κ3) is 5.35. The average Bonchev–Trinajstić information content (AvgIpc) is 2.53. The van der Waals surface area contributed by atoms with Crippen molar-refractivity contribution in [1.82, 2.24) is 4.90 Å². The molecule has 1 aromatic carbocycles. The quantitative estimate of drug-likeness (QED) is 0.833. The molecule has 1 amide bonds. The van der Waals surface area contributed by atoms with Gasteiger partial charge in [0.15, 0.2) is 0 Å². The predicted molar refractivity (Wildman–Crippen MR) is 96.4 cm³/mol. The van der Waals surface area contributed by atoms with E-state index in [1.165, 1.54) is 24.8 Å². The molecule has 2 N–H and O–H groups in total. The average molecular weight is 316 g/mol. The first-order valence-electron chi connectivity index (χ1n) is 9.09. The molecule has 1 fully saturated rings. The molecule has 1 aliphatic heterocycles. The van der Waals surface area contributed by atoms with Crippen LogP contribution in [0.4, 0.5) is 0 Å². The molecule has 1 heterocycles. The number of primary amides is 1. The number of carbonyl (C=O) groups is 1. The highest BCUT2D eigenvalue weighted by atomic mass is 16.1. The van der Waals surface area contributed by atoms with Gasteiger partial charge >= 0.3 is 0 Å². The van der Waals surface area contributed by atoms with Crippen LogP contribution in [-0.4, -0.2) is 29.9 Å². The number of likely N-dealkylation sites (tertiary alicyclic amines) is 1. The third-order valence-corrected chi connectivity index (χ3v) is 4.96. The summed E-state index contributed by atoms with van der Waals surface area (Å²) in [5.74, 6) is 0.261. The molecule has 23 heavy (non-hydrogen) atoms. The number of piperidine rings is 1. The molecule has 1 aliphatic rings. The number of nitrogens with zero attached hydrogens (tertiary/aromatic N) is 1. The van der Waals surface area contributed by atoms with Gasteiger partial charge in [0, 0.05) is 6.04 Å². The third-order valence-electron chi connectivity index (χ3n) is 4.96. The van der Waals surface area contributed by atoms with Crippen LogP contribution in [0, 0.1) is 5.92 Å². The maximum atomic E-state index is 12.0. The Morgan fingerprint density at radius 1 is 1.09 bits per heavy atom. The van der Waals surface area contributed by atoms with Crippen LogP contribution in [0.15, 0.2) is 24.3 Å². The fourth-order valence-electron chi connectivity index (χ4n) is 3.62. The Bertz CT molecular complexity index is 489. The minimum absolute atomic E-state index is 0.181. The fourth-order valence-corrected chi connectivity index (χ4v) is 3.62. The van der Waals surface area contributed by atoms with E-state index in [0.29, 0.717) is 12.0 Å². The zero-order valence-electron chi connectivity index (χ0n) is 14.9. The van der Waals surface area contributed by atoms with Crippen LogP contribution in [-0.2, 0) is 11.2 Å². The molecule has 2 rings (SSSR count). The molecular weight excluding hydrogens is 284 g/mol. The second-order valence-electron chi connectivity index (χ2n) is 7.48. The van der Waals surface area contributed by atoms with Crippen molar-refractivity contribution in [2.24, 2.45) is 11.7 Å². The van der Waals surface area contributed by atoms with Crippen LogP contribution >= 0.6 is 0 Å². The van der Waals surface area contributed by atoms with Crippen LogP contribution in [0.25, 0.3) is 0 Å². The lowest BCUT2D eigenvalue weighted by molar-refractivity contribution is -0.119. The lowest BCUT2D eigenvalue weighted by atomic mass is 9.89. The molecule has 2 atom stereocenters. The van der Waals surface area contributed by atoms with Crippen LogP contribution in [0.3, 0.4) is 0 Å². The summed E-state index contributed by atoms with van der Waals surface area (Å²) in [7, 11) is 0. The molecule has 0 aliphatic carbocycles. The van der Waals surface area contributed by atoms with Crippen molar-refractivity contribution < 1.29 is 4.79 Å². The van der Waals surface area contributed by atoms with Gasteiger partial charge in [-0.3, -0.25) is 4.79 Å². The summed E-state index contributed by atoms with van der Waals surface area (Å²) in [6, 6.07) is 8.89. The van der Waals surface area contributed by atoms with Crippen molar-refractivity contribution in [3.05, 3.63) is 35.4 Å². The SMILES string of the molecule is CC(C)Cc1ccc([C@@H](CC(C)N2CCCCC2)C(N)=O)cc1. The van der Waals surface area contributed by atoms with Gasteiger partial charge in [-0.05, 0) is 62.7 Å².